The van der Waals surface area contributed by atoms with Crippen LogP contribution in [0.2, 0.25) is 0 Å². The van der Waals surface area contributed by atoms with Crippen LogP contribution in [0.15, 0.2) is 27.8 Å². The number of allylic oxidation sites excluding steroid dienone is 3. The van der Waals surface area contributed by atoms with Crippen LogP contribution in [-0.4, -0.2) is 10.7 Å². The first-order valence-corrected chi connectivity index (χ1v) is 7.38. The van der Waals surface area contributed by atoms with E-state index in [9.17, 15) is 0 Å². The van der Waals surface area contributed by atoms with Gasteiger partial charge >= 0.3 is 0 Å². The fraction of sp³-hybridized carbons (Fsp3) is 0.688. The third kappa shape index (κ3) is 2.37. The minimum absolute atomic E-state index is 0.0212. The molecule has 0 spiro atoms. The monoisotopic (exact) mass is 261 g/mol. The van der Waals surface area contributed by atoms with Gasteiger partial charge in [0.1, 0.15) is 0 Å². The average Bonchev–Trinajstić information content (AvgIpc) is 2.28. The molecule has 2 aliphatic carbocycles. The van der Waals surface area contributed by atoms with E-state index in [0.717, 1.165) is 12.8 Å². The van der Waals surface area contributed by atoms with E-state index in [2.05, 4.69) is 43.9 Å². The third-order valence-electron chi connectivity index (χ3n) is 4.62. The van der Waals surface area contributed by atoms with Crippen molar-refractivity contribution in [2.45, 2.75) is 58.9 Å². The molecular weight excluding hydrogens is 238 g/mol. The molecule has 0 saturated carbocycles. The molecule has 0 aliphatic heterocycles. The predicted molar refractivity (Wildman–Crippen MR) is 81.0 cm³/mol. The summed E-state index contributed by atoms with van der Waals surface area (Å²) < 4.78 is 0. The highest BCUT2D eigenvalue weighted by molar-refractivity contribution is 7.78. The summed E-state index contributed by atoms with van der Waals surface area (Å²) in [5.74, 6) is 1.19. The molecule has 0 saturated heterocycles. The van der Waals surface area contributed by atoms with E-state index in [0.29, 0.717) is 11.8 Å². The van der Waals surface area contributed by atoms with Gasteiger partial charge in [-0.15, -0.1) is 0 Å². The Kier molecular flexibility index (Phi) is 3.89. The molecule has 98 valence electrons. The highest BCUT2D eigenvalue weighted by Gasteiger charge is 2.41. The molecule has 0 aromatic carbocycles. The Hall–Kier alpha value is -0.720. The zero-order valence-electron chi connectivity index (χ0n) is 11.9. The topological polar surface area (TPSA) is 12.4 Å². The lowest BCUT2D eigenvalue weighted by atomic mass is 9.65. The van der Waals surface area contributed by atoms with Crippen LogP contribution in [0.1, 0.15) is 53.4 Å². The van der Waals surface area contributed by atoms with Crippen LogP contribution in [0.25, 0.3) is 0 Å². The van der Waals surface area contributed by atoms with E-state index in [1.165, 1.54) is 18.4 Å². The summed E-state index contributed by atoms with van der Waals surface area (Å²) in [7, 11) is 0. The van der Waals surface area contributed by atoms with Crippen molar-refractivity contribution in [3.63, 3.8) is 0 Å². The first-order valence-electron chi connectivity index (χ1n) is 6.97. The molecule has 0 fully saturated rings. The van der Waals surface area contributed by atoms with Gasteiger partial charge in [-0.3, -0.25) is 0 Å². The quantitative estimate of drug-likeness (QED) is 0.506. The molecule has 2 rings (SSSR count). The maximum absolute atomic E-state index is 4.85. The van der Waals surface area contributed by atoms with Gasteiger partial charge < -0.3 is 0 Å². The van der Waals surface area contributed by atoms with Gasteiger partial charge in [0.2, 0.25) is 0 Å². The van der Waals surface area contributed by atoms with Crippen molar-refractivity contribution >= 4 is 17.4 Å². The summed E-state index contributed by atoms with van der Waals surface area (Å²) in [6.45, 7) is 9.11. The number of hydrogen-bond acceptors (Lipinski definition) is 2. The number of hydrogen-bond donors (Lipinski definition) is 0. The van der Waals surface area contributed by atoms with Gasteiger partial charge in [-0.25, -0.2) is 4.99 Å². The fourth-order valence-corrected chi connectivity index (χ4v) is 3.70. The number of aliphatic imine (C=N–C) groups is 1. The van der Waals surface area contributed by atoms with E-state index in [4.69, 9.17) is 12.2 Å². The molecule has 0 amide bonds. The van der Waals surface area contributed by atoms with Crippen molar-refractivity contribution in [2.75, 3.05) is 0 Å². The summed E-state index contributed by atoms with van der Waals surface area (Å²) in [4.78, 5) is 4.52. The number of fused-ring (bicyclic) bond motifs is 1. The Labute approximate surface area is 116 Å². The Morgan fingerprint density at radius 3 is 2.78 bits per heavy atom. The highest BCUT2D eigenvalue weighted by atomic mass is 32.1. The summed E-state index contributed by atoms with van der Waals surface area (Å²) in [5.41, 5.74) is 4.68. The molecular formula is C16H23NS. The van der Waals surface area contributed by atoms with Crippen LogP contribution >= 0.6 is 12.2 Å². The molecule has 18 heavy (non-hydrogen) atoms. The maximum atomic E-state index is 4.85. The second-order valence-corrected chi connectivity index (χ2v) is 6.46. The van der Waals surface area contributed by atoms with Gasteiger partial charge in [-0.2, -0.15) is 0 Å². The van der Waals surface area contributed by atoms with Gasteiger partial charge in [0.05, 0.1) is 10.7 Å². The lowest BCUT2D eigenvalue weighted by Crippen LogP contribution is -2.39. The van der Waals surface area contributed by atoms with Crippen LogP contribution in [0.5, 0.6) is 0 Å². The third-order valence-corrected chi connectivity index (χ3v) is 4.72. The van der Waals surface area contributed by atoms with E-state index in [1.807, 2.05) is 0 Å². The Balaban J connectivity index is 2.51. The Morgan fingerprint density at radius 2 is 2.17 bits per heavy atom. The van der Waals surface area contributed by atoms with Crippen LogP contribution in [0, 0.1) is 11.8 Å². The Morgan fingerprint density at radius 1 is 1.44 bits per heavy atom. The Bertz CT molecular complexity index is 452. The van der Waals surface area contributed by atoms with E-state index in [-0.39, 0.29) is 5.54 Å². The van der Waals surface area contributed by atoms with Crippen molar-refractivity contribution in [3.05, 3.63) is 22.8 Å². The van der Waals surface area contributed by atoms with E-state index < -0.39 is 0 Å². The second-order valence-electron chi connectivity index (χ2n) is 6.28. The van der Waals surface area contributed by atoms with Crippen molar-refractivity contribution in [2.24, 2.45) is 16.8 Å². The summed E-state index contributed by atoms with van der Waals surface area (Å²) in [6.07, 6.45) is 7.10. The minimum Gasteiger partial charge on any atom is -0.225 e. The molecule has 2 atom stereocenters. The molecule has 2 aliphatic rings. The van der Waals surface area contributed by atoms with Gasteiger partial charge in [-0.1, -0.05) is 31.1 Å². The molecule has 0 radical (unpaired) electrons. The molecule has 0 bridgehead atoms. The van der Waals surface area contributed by atoms with Gasteiger partial charge in [0.25, 0.3) is 0 Å². The largest absolute Gasteiger partial charge is 0.225 e. The van der Waals surface area contributed by atoms with Gasteiger partial charge in [0.15, 0.2) is 0 Å². The fourth-order valence-electron chi connectivity index (χ4n) is 3.49. The lowest BCUT2D eigenvalue weighted by Gasteiger charge is -2.43. The molecule has 0 N–H and O–H groups in total. The smallest absolute Gasteiger partial charge is 0.0754 e. The first kappa shape index (κ1) is 13.7. The average molecular weight is 261 g/mol. The second kappa shape index (κ2) is 5.11. The number of thiocarbonyl (C=S) groups is 1. The van der Waals surface area contributed by atoms with E-state index in [1.54, 1.807) is 11.1 Å². The molecule has 0 aromatic heterocycles. The number of isothiocyanates is 1. The van der Waals surface area contributed by atoms with Gasteiger partial charge in [-0.05, 0) is 63.2 Å². The minimum atomic E-state index is -0.0212. The highest BCUT2D eigenvalue weighted by Crippen LogP contribution is 2.47. The molecule has 0 aromatic rings. The summed E-state index contributed by atoms with van der Waals surface area (Å²) in [5, 5.41) is 2.63. The normalized spacial score (nSPS) is 31.8. The molecule has 0 heterocycles. The predicted octanol–water partition coefficient (Wildman–Crippen LogP) is 4.95. The van der Waals surface area contributed by atoms with Crippen LogP contribution in [0.4, 0.5) is 0 Å². The summed E-state index contributed by atoms with van der Waals surface area (Å²) in [6, 6.07) is 0. The lowest BCUT2D eigenvalue weighted by molar-refractivity contribution is 0.276. The maximum Gasteiger partial charge on any atom is 0.0754 e. The van der Waals surface area contributed by atoms with Crippen molar-refractivity contribution < 1.29 is 0 Å². The zero-order valence-corrected chi connectivity index (χ0v) is 12.7. The number of nitrogens with zero attached hydrogens (tertiary/aromatic N) is 1. The van der Waals surface area contributed by atoms with Crippen molar-refractivity contribution in [1.29, 1.82) is 0 Å². The first-order chi connectivity index (χ1) is 8.48. The summed E-state index contributed by atoms with van der Waals surface area (Å²) >= 11 is 4.85. The SMILES string of the molecule is CC1=CC2=C(C(C)C)CC[C@](C)(N=C=S)C2CC1. The molecule has 1 unspecified atom stereocenters. The molecule has 2 heteroatoms. The van der Waals surface area contributed by atoms with Crippen LogP contribution in [0.3, 0.4) is 0 Å². The van der Waals surface area contributed by atoms with Crippen LogP contribution < -0.4 is 0 Å². The van der Waals surface area contributed by atoms with Gasteiger partial charge in [0, 0.05) is 5.92 Å². The number of rotatable bonds is 2. The zero-order chi connectivity index (χ0) is 13.3. The van der Waals surface area contributed by atoms with Crippen molar-refractivity contribution in [1.82, 2.24) is 0 Å². The van der Waals surface area contributed by atoms with Crippen LogP contribution in [-0.2, 0) is 0 Å². The van der Waals surface area contributed by atoms with Crippen molar-refractivity contribution in [3.8, 4) is 0 Å². The standard InChI is InChI=1S/C16H23NS/c1-11(2)13-7-8-16(4,17-10-18)15-6-5-12(3)9-14(13)15/h9,11,15H,5-8H2,1-4H3/t15?,16-/m0/s1. The van der Waals surface area contributed by atoms with E-state index >= 15 is 0 Å². The molecule has 1 nitrogen and oxygen atoms in total.